The molecule has 1 aromatic heterocycles. The van der Waals surface area contributed by atoms with E-state index in [9.17, 15) is 14.4 Å². The normalized spacial score (nSPS) is 15.2. The number of para-hydroxylation sites is 1. The van der Waals surface area contributed by atoms with E-state index in [0.29, 0.717) is 22.5 Å². The Morgan fingerprint density at radius 2 is 1.75 bits per heavy atom. The Labute approximate surface area is 161 Å². The molecule has 7 heteroatoms. The molecule has 1 amide bonds. The van der Waals surface area contributed by atoms with Gasteiger partial charge in [0.2, 0.25) is 5.91 Å². The number of cyclic esters (lactones) is 1. The summed E-state index contributed by atoms with van der Waals surface area (Å²) in [6.45, 7) is 1.77. The van der Waals surface area contributed by atoms with E-state index in [-0.39, 0.29) is 23.6 Å². The lowest BCUT2D eigenvalue weighted by Gasteiger charge is -2.10. The third kappa shape index (κ3) is 2.90. The maximum atomic E-state index is 12.9. The van der Waals surface area contributed by atoms with Crippen molar-refractivity contribution in [3.8, 4) is 5.69 Å². The molecule has 0 saturated heterocycles. The van der Waals surface area contributed by atoms with Gasteiger partial charge in [-0.15, -0.1) is 0 Å². The molecule has 2 aromatic carbocycles. The highest BCUT2D eigenvalue weighted by atomic mass is 16.5. The fourth-order valence-electron chi connectivity index (χ4n) is 3.44. The van der Waals surface area contributed by atoms with Crippen molar-refractivity contribution >= 4 is 17.6 Å². The number of nitrogens with zero attached hydrogens (tertiary/aromatic N) is 2. The second-order valence-electron chi connectivity index (χ2n) is 6.67. The van der Waals surface area contributed by atoms with Crippen LogP contribution in [0, 0.1) is 6.92 Å². The molecule has 0 unspecified atom stereocenters. The van der Waals surface area contributed by atoms with Crippen molar-refractivity contribution in [2.24, 2.45) is 7.05 Å². The third-order valence-corrected chi connectivity index (χ3v) is 4.97. The van der Waals surface area contributed by atoms with E-state index in [2.05, 4.69) is 5.32 Å². The van der Waals surface area contributed by atoms with Gasteiger partial charge in [0.15, 0.2) is 0 Å². The van der Waals surface area contributed by atoms with Crippen LogP contribution in [-0.4, -0.2) is 21.2 Å². The third-order valence-electron chi connectivity index (χ3n) is 4.97. The smallest absolute Gasteiger partial charge is 0.339 e. The van der Waals surface area contributed by atoms with Crippen LogP contribution in [0.4, 0.5) is 5.69 Å². The predicted molar refractivity (Wildman–Crippen MR) is 104 cm³/mol. The summed E-state index contributed by atoms with van der Waals surface area (Å²) in [5.41, 5.74) is 2.40. The first-order chi connectivity index (χ1) is 13.5. The molecule has 28 heavy (non-hydrogen) atoms. The summed E-state index contributed by atoms with van der Waals surface area (Å²) in [7, 11) is 1.76. The molecule has 1 aliphatic rings. The molecule has 0 saturated carbocycles. The number of aromatic nitrogens is 2. The molecule has 0 radical (unpaired) electrons. The summed E-state index contributed by atoms with van der Waals surface area (Å²) in [5.74, 6) is -0.823. The van der Waals surface area contributed by atoms with Crippen LogP contribution in [0.1, 0.15) is 34.1 Å². The summed E-state index contributed by atoms with van der Waals surface area (Å²) < 4.78 is 8.50. The minimum Gasteiger partial charge on any atom is -0.453 e. The molecule has 142 valence electrons. The summed E-state index contributed by atoms with van der Waals surface area (Å²) >= 11 is 0. The highest BCUT2D eigenvalue weighted by Gasteiger charge is 2.32. The summed E-state index contributed by atoms with van der Waals surface area (Å²) in [5, 5.41) is 2.70. The predicted octanol–water partition coefficient (Wildman–Crippen LogP) is 2.72. The molecule has 0 bridgehead atoms. The van der Waals surface area contributed by atoms with Crippen molar-refractivity contribution in [3.05, 3.63) is 81.8 Å². The van der Waals surface area contributed by atoms with Gasteiger partial charge in [0.1, 0.15) is 11.8 Å². The summed E-state index contributed by atoms with van der Waals surface area (Å²) in [6.07, 6.45) is -0.703. The van der Waals surface area contributed by atoms with Gasteiger partial charge in [-0.05, 0) is 25.1 Å². The fourth-order valence-corrected chi connectivity index (χ4v) is 3.44. The molecule has 3 aromatic rings. The molecule has 1 N–H and O–H groups in total. The number of fused-ring (bicyclic) bond motifs is 1. The second-order valence-corrected chi connectivity index (χ2v) is 6.67. The number of nitrogens with one attached hydrogen (secondary N) is 1. The molecular formula is C21H19N3O4. The Hall–Kier alpha value is -3.61. The van der Waals surface area contributed by atoms with Gasteiger partial charge in [-0.25, -0.2) is 9.48 Å². The van der Waals surface area contributed by atoms with Crippen LogP contribution in [0.2, 0.25) is 0 Å². The zero-order chi connectivity index (χ0) is 19.8. The van der Waals surface area contributed by atoms with Crippen molar-refractivity contribution in [1.82, 2.24) is 9.36 Å². The lowest BCUT2D eigenvalue weighted by molar-refractivity contribution is -0.118. The standard InChI is InChI=1S/C21H19N3O4/c1-13-19(20(26)24(23(13)2)14-8-4-3-5-9-14)22-18(25)12-17-15-10-6-7-11-16(15)21(27)28-17/h3-11,17H,12H2,1-2H3,(H,22,25)/t17-/m0/s1. The summed E-state index contributed by atoms with van der Waals surface area (Å²) in [4.78, 5) is 37.4. The lowest BCUT2D eigenvalue weighted by Crippen LogP contribution is -2.23. The van der Waals surface area contributed by atoms with Crippen molar-refractivity contribution in [2.75, 3.05) is 5.32 Å². The highest BCUT2D eigenvalue weighted by Crippen LogP contribution is 2.33. The highest BCUT2D eigenvalue weighted by molar-refractivity contribution is 5.96. The van der Waals surface area contributed by atoms with Crippen LogP contribution in [0.3, 0.4) is 0 Å². The van der Waals surface area contributed by atoms with Gasteiger partial charge in [-0.2, -0.15) is 0 Å². The Morgan fingerprint density at radius 3 is 2.50 bits per heavy atom. The van der Waals surface area contributed by atoms with Gasteiger partial charge >= 0.3 is 5.97 Å². The van der Waals surface area contributed by atoms with Crippen LogP contribution in [-0.2, 0) is 16.6 Å². The summed E-state index contributed by atoms with van der Waals surface area (Å²) in [6, 6.07) is 16.2. The number of carbonyl (C=O) groups is 2. The Balaban J connectivity index is 1.58. The molecule has 4 rings (SSSR count). The van der Waals surface area contributed by atoms with Crippen LogP contribution in [0.5, 0.6) is 0 Å². The van der Waals surface area contributed by atoms with Crippen molar-refractivity contribution in [2.45, 2.75) is 19.4 Å². The molecular weight excluding hydrogens is 358 g/mol. The Morgan fingerprint density at radius 1 is 1.07 bits per heavy atom. The van der Waals surface area contributed by atoms with Crippen molar-refractivity contribution in [3.63, 3.8) is 0 Å². The van der Waals surface area contributed by atoms with Gasteiger partial charge in [0.25, 0.3) is 5.56 Å². The van der Waals surface area contributed by atoms with Gasteiger partial charge < -0.3 is 10.1 Å². The zero-order valence-electron chi connectivity index (χ0n) is 15.5. The van der Waals surface area contributed by atoms with Gasteiger partial charge in [-0.1, -0.05) is 36.4 Å². The van der Waals surface area contributed by atoms with E-state index in [4.69, 9.17) is 4.74 Å². The first-order valence-electron chi connectivity index (χ1n) is 8.91. The van der Waals surface area contributed by atoms with E-state index in [1.165, 1.54) is 4.68 Å². The molecule has 2 heterocycles. The molecule has 0 spiro atoms. The molecule has 1 atom stereocenters. The fraction of sp³-hybridized carbons (Fsp3) is 0.190. The number of ether oxygens (including phenoxy) is 1. The molecule has 1 aliphatic heterocycles. The van der Waals surface area contributed by atoms with E-state index >= 15 is 0 Å². The number of esters is 1. The first kappa shape index (κ1) is 17.8. The number of carbonyl (C=O) groups excluding carboxylic acids is 2. The van der Waals surface area contributed by atoms with Gasteiger partial charge in [-0.3, -0.25) is 14.3 Å². The van der Waals surface area contributed by atoms with E-state index in [0.717, 1.165) is 0 Å². The van der Waals surface area contributed by atoms with Crippen molar-refractivity contribution in [1.29, 1.82) is 0 Å². The average molecular weight is 377 g/mol. The van der Waals surface area contributed by atoms with Gasteiger partial charge in [0.05, 0.1) is 23.4 Å². The Kier molecular flexibility index (Phi) is 4.35. The topological polar surface area (TPSA) is 82.3 Å². The Bertz CT molecular complexity index is 1130. The first-order valence-corrected chi connectivity index (χ1v) is 8.91. The SMILES string of the molecule is Cc1c(NC(=O)C[C@@H]2OC(=O)c3ccccc32)c(=O)n(-c2ccccc2)n1C. The second kappa shape index (κ2) is 6.84. The average Bonchev–Trinajstić information content (AvgIpc) is 3.12. The van der Waals surface area contributed by atoms with Crippen LogP contribution >= 0.6 is 0 Å². The minimum absolute atomic E-state index is 0.0537. The van der Waals surface area contributed by atoms with Crippen LogP contribution in [0.25, 0.3) is 5.69 Å². The number of rotatable bonds is 4. The van der Waals surface area contributed by atoms with Crippen molar-refractivity contribution < 1.29 is 14.3 Å². The molecule has 0 fully saturated rings. The molecule has 7 nitrogen and oxygen atoms in total. The number of anilines is 1. The quantitative estimate of drug-likeness (QED) is 0.709. The molecule has 0 aliphatic carbocycles. The van der Waals surface area contributed by atoms with E-state index in [1.807, 2.05) is 30.3 Å². The van der Waals surface area contributed by atoms with Gasteiger partial charge in [0, 0.05) is 12.6 Å². The number of hydrogen-bond acceptors (Lipinski definition) is 4. The van der Waals surface area contributed by atoms with Crippen LogP contribution < -0.4 is 10.9 Å². The monoisotopic (exact) mass is 377 g/mol. The zero-order valence-corrected chi connectivity index (χ0v) is 15.5. The van der Waals surface area contributed by atoms with Crippen LogP contribution in [0.15, 0.2) is 59.4 Å². The largest absolute Gasteiger partial charge is 0.453 e. The number of hydrogen-bond donors (Lipinski definition) is 1. The van der Waals surface area contributed by atoms with E-state index in [1.54, 1.807) is 42.9 Å². The maximum absolute atomic E-state index is 12.9. The number of benzene rings is 2. The van der Waals surface area contributed by atoms with E-state index < -0.39 is 12.1 Å². The lowest BCUT2D eigenvalue weighted by atomic mass is 10.0. The minimum atomic E-state index is -0.649. The number of amides is 1. The maximum Gasteiger partial charge on any atom is 0.339 e.